The average molecular weight is 429 g/mol. The fourth-order valence-electron chi connectivity index (χ4n) is 3.49. The quantitative estimate of drug-likeness (QED) is 0.510. The first-order valence-electron chi connectivity index (χ1n) is 9.09. The second-order valence-electron chi connectivity index (χ2n) is 7.01. The van der Waals surface area contributed by atoms with E-state index in [4.69, 9.17) is 11.6 Å². The lowest BCUT2D eigenvalue weighted by Crippen LogP contribution is -2.37. The standard InChI is InChI=1S/C21H18ClFN4O3/c1-24-13-26(30)12-20(24)21(28)27(16-5-2-4-15(22)8-16)10-14-9-25(29)11-18-17(14)6-3-7-19(18)23/h2-9,11-12,30H,10,13H2,1H3. The van der Waals surface area contributed by atoms with Gasteiger partial charge in [-0.25, -0.2) is 9.45 Å². The molecule has 0 radical (unpaired) electrons. The van der Waals surface area contributed by atoms with E-state index in [2.05, 4.69) is 0 Å². The van der Waals surface area contributed by atoms with Crippen molar-refractivity contribution in [3.63, 3.8) is 0 Å². The van der Waals surface area contributed by atoms with E-state index >= 15 is 0 Å². The first-order valence-corrected chi connectivity index (χ1v) is 9.47. The number of halogens is 2. The molecule has 0 unspecified atom stereocenters. The van der Waals surface area contributed by atoms with Gasteiger partial charge in [0.2, 0.25) is 0 Å². The fraction of sp³-hybridized carbons (Fsp3) is 0.143. The third kappa shape index (κ3) is 3.74. The number of hydrogen-bond acceptors (Lipinski definition) is 5. The molecule has 1 aliphatic rings. The molecule has 9 heteroatoms. The molecule has 3 aromatic rings. The number of rotatable bonds is 4. The molecule has 1 aromatic heterocycles. The maximum atomic E-state index is 14.3. The Morgan fingerprint density at radius 1 is 1.27 bits per heavy atom. The Hall–Kier alpha value is -3.36. The lowest BCUT2D eigenvalue weighted by Gasteiger charge is -2.26. The van der Waals surface area contributed by atoms with Gasteiger partial charge in [-0.3, -0.25) is 10.0 Å². The average Bonchev–Trinajstić information content (AvgIpc) is 3.04. The van der Waals surface area contributed by atoms with Gasteiger partial charge in [0.1, 0.15) is 18.2 Å². The Balaban J connectivity index is 1.82. The SMILES string of the molecule is CN1CN(O)C=C1C(=O)N(Cc1c[n+]([O-])cc2c(F)cccc12)c1cccc(Cl)c1. The van der Waals surface area contributed by atoms with Crippen molar-refractivity contribution >= 4 is 34.0 Å². The zero-order chi connectivity index (χ0) is 21.4. The van der Waals surface area contributed by atoms with Gasteiger partial charge in [0.15, 0.2) is 12.4 Å². The van der Waals surface area contributed by atoms with Crippen LogP contribution in [0.25, 0.3) is 10.8 Å². The number of likely N-dealkylation sites (N-methyl/N-ethyl adjacent to an activating group) is 1. The van der Waals surface area contributed by atoms with Crippen LogP contribution in [0.2, 0.25) is 5.02 Å². The molecule has 0 aliphatic carbocycles. The molecule has 2 heterocycles. The molecule has 1 amide bonds. The number of carbonyl (C=O) groups excluding carboxylic acids is 1. The van der Waals surface area contributed by atoms with Crippen molar-refractivity contribution in [1.29, 1.82) is 0 Å². The lowest BCUT2D eigenvalue weighted by molar-refractivity contribution is -0.604. The summed E-state index contributed by atoms with van der Waals surface area (Å²) in [6.07, 6.45) is 3.81. The largest absolute Gasteiger partial charge is 0.619 e. The highest BCUT2D eigenvalue weighted by molar-refractivity contribution is 6.31. The summed E-state index contributed by atoms with van der Waals surface area (Å²) < 4.78 is 14.8. The summed E-state index contributed by atoms with van der Waals surface area (Å²) in [5.74, 6) is -0.920. The van der Waals surface area contributed by atoms with Crippen molar-refractivity contribution in [3.05, 3.63) is 88.4 Å². The van der Waals surface area contributed by atoms with Crippen molar-refractivity contribution in [2.75, 3.05) is 18.6 Å². The molecular weight excluding hydrogens is 411 g/mol. The third-order valence-electron chi connectivity index (χ3n) is 4.89. The molecule has 154 valence electrons. The monoisotopic (exact) mass is 428 g/mol. The normalized spacial score (nSPS) is 13.7. The van der Waals surface area contributed by atoms with Gasteiger partial charge < -0.3 is 15.0 Å². The smallest absolute Gasteiger partial charge is 0.276 e. The maximum Gasteiger partial charge on any atom is 0.276 e. The van der Waals surface area contributed by atoms with Crippen molar-refractivity contribution in [3.8, 4) is 0 Å². The van der Waals surface area contributed by atoms with Gasteiger partial charge in [-0.2, -0.15) is 4.73 Å². The number of aromatic nitrogens is 1. The van der Waals surface area contributed by atoms with Gasteiger partial charge in [0.25, 0.3) is 5.91 Å². The molecule has 0 bridgehead atoms. The van der Waals surface area contributed by atoms with Crippen LogP contribution in [0.15, 0.2) is 66.8 Å². The minimum Gasteiger partial charge on any atom is -0.619 e. The second kappa shape index (κ2) is 7.81. The Bertz CT molecular complexity index is 1170. The molecule has 7 nitrogen and oxygen atoms in total. The van der Waals surface area contributed by atoms with Crippen LogP contribution in [-0.2, 0) is 11.3 Å². The Kier molecular flexibility index (Phi) is 5.19. The molecular formula is C21H18ClFN4O3. The molecule has 0 fully saturated rings. The number of hydroxylamine groups is 2. The number of nitrogens with zero attached hydrogens (tertiary/aromatic N) is 4. The predicted octanol–water partition coefficient (Wildman–Crippen LogP) is 3.23. The van der Waals surface area contributed by atoms with Crippen molar-refractivity contribution in [2.45, 2.75) is 6.54 Å². The number of hydrogen-bond donors (Lipinski definition) is 1. The zero-order valence-electron chi connectivity index (χ0n) is 16.0. The first-order chi connectivity index (χ1) is 14.3. The Labute approximate surface area is 177 Å². The van der Waals surface area contributed by atoms with E-state index in [-0.39, 0.29) is 24.3 Å². The van der Waals surface area contributed by atoms with E-state index in [0.717, 1.165) is 11.3 Å². The highest BCUT2D eigenvalue weighted by atomic mass is 35.5. The van der Waals surface area contributed by atoms with Crippen molar-refractivity contribution in [1.82, 2.24) is 9.96 Å². The molecule has 2 aromatic carbocycles. The number of pyridine rings is 1. The van der Waals surface area contributed by atoms with Gasteiger partial charge in [0.05, 0.1) is 18.1 Å². The van der Waals surface area contributed by atoms with E-state index in [1.54, 1.807) is 48.3 Å². The number of amides is 1. The fourth-order valence-corrected chi connectivity index (χ4v) is 3.67. The van der Waals surface area contributed by atoms with E-state index < -0.39 is 11.7 Å². The molecule has 0 saturated heterocycles. The topological polar surface area (TPSA) is 74.0 Å². The predicted molar refractivity (Wildman–Crippen MR) is 110 cm³/mol. The first kappa shape index (κ1) is 19.9. The molecule has 0 spiro atoms. The van der Waals surface area contributed by atoms with E-state index in [9.17, 15) is 19.6 Å². The summed E-state index contributed by atoms with van der Waals surface area (Å²) in [6, 6.07) is 11.3. The highest BCUT2D eigenvalue weighted by Gasteiger charge is 2.29. The van der Waals surface area contributed by atoms with E-state index in [1.807, 2.05) is 0 Å². The third-order valence-corrected chi connectivity index (χ3v) is 5.13. The van der Waals surface area contributed by atoms with E-state index in [1.165, 1.54) is 23.4 Å². The molecule has 30 heavy (non-hydrogen) atoms. The van der Waals surface area contributed by atoms with Gasteiger partial charge in [0, 0.05) is 28.7 Å². The lowest BCUT2D eigenvalue weighted by atomic mass is 10.1. The summed E-state index contributed by atoms with van der Waals surface area (Å²) in [5.41, 5.74) is 1.24. The van der Waals surface area contributed by atoms with Crippen LogP contribution in [-0.4, -0.2) is 34.8 Å². The molecule has 0 atom stereocenters. The van der Waals surface area contributed by atoms with Crippen molar-refractivity contribution < 1.29 is 19.1 Å². The van der Waals surface area contributed by atoms with Crippen LogP contribution < -0.4 is 9.63 Å². The van der Waals surface area contributed by atoms with Crippen molar-refractivity contribution in [2.24, 2.45) is 0 Å². The number of carbonyl (C=O) groups is 1. The van der Waals surface area contributed by atoms with E-state index in [0.29, 0.717) is 26.4 Å². The molecule has 1 aliphatic heterocycles. The van der Waals surface area contributed by atoms with Crippen LogP contribution in [0.5, 0.6) is 0 Å². The van der Waals surface area contributed by atoms with Crippen LogP contribution in [0.3, 0.4) is 0 Å². The zero-order valence-corrected chi connectivity index (χ0v) is 16.8. The van der Waals surface area contributed by atoms with Gasteiger partial charge in [-0.15, -0.1) is 0 Å². The van der Waals surface area contributed by atoms with Crippen LogP contribution in [0.4, 0.5) is 10.1 Å². The molecule has 1 N–H and O–H groups in total. The Morgan fingerprint density at radius 2 is 2.03 bits per heavy atom. The number of benzene rings is 2. The van der Waals surface area contributed by atoms with Gasteiger partial charge in [-0.05, 0) is 24.3 Å². The summed E-state index contributed by atoms with van der Waals surface area (Å²) in [6.45, 7) is 0.142. The molecule has 0 saturated carbocycles. The van der Waals surface area contributed by atoms with Gasteiger partial charge >= 0.3 is 0 Å². The minimum atomic E-state index is -0.520. The Morgan fingerprint density at radius 3 is 2.73 bits per heavy atom. The van der Waals surface area contributed by atoms with Crippen LogP contribution in [0, 0.1) is 11.0 Å². The summed E-state index contributed by atoms with van der Waals surface area (Å²) >= 11 is 6.13. The highest BCUT2D eigenvalue weighted by Crippen LogP contribution is 2.28. The summed E-state index contributed by atoms with van der Waals surface area (Å²) in [7, 11) is 1.68. The van der Waals surface area contributed by atoms with Crippen LogP contribution in [0.1, 0.15) is 5.56 Å². The number of anilines is 1. The number of fused-ring (bicyclic) bond motifs is 1. The summed E-state index contributed by atoms with van der Waals surface area (Å²) in [4.78, 5) is 16.4. The van der Waals surface area contributed by atoms with Crippen LogP contribution >= 0.6 is 11.6 Å². The summed E-state index contributed by atoms with van der Waals surface area (Å²) in [5, 5.41) is 23.9. The second-order valence-corrected chi connectivity index (χ2v) is 7.45. The maximum absolute atomic E-state index is 14.3. The van der Waals surface area contributed by atoms with Gasteiger partial charge in [-0.1, -0.05) is 29.8 Å². The minimum absolute atomic E-state index is 0.00117. The molecule has 4 rings (SSSR count).